The summed E-state index contributed by atoms with van der Waals surface area (Å²) >= 11 is 0. The van der Waals surface area contributed by atoms with Crippen molar-refractivity contribution in [3.05, 3.63) is 35.9 Å². The molecule has 0 saturated carbocycles. The minimum absolute atomic E-state index is 0.640. The van der Waals surface area contributed by atoms with Gasteiger partial charge in [-0.2, -0.15) is 0 Å². The Labute approximate surface area is 80.1 Å². The number of hydrogen-bond acceptors (Lipinski definition) is 3. The molecular formula is C10H19N3. The minimum atomic E-state index is 0.640. The van der Waals surface area contributed by atoms with Gasteiger partial charge in [0.05, 0.1) is 0 Å². The number of nitrogens with one attached hydrogen (secondary N) is 1. The first-order valence-corrected chi connectivity index (χ1v) is 4.43. The van der Waals surface area contributed by atoms with Crippen molar-refractivity contribution in [1.29, 1.82) is 0 Å². The van der Waals surface area contributed by atoms with Gasteiger partial charge in [-0.15, -0.1) is 0 Å². The Balaban J connectivity index is 0.000000252. The highest BCUT2D eigenvalue weighted by atomic mass is 14.8. The average molecular weight is 181 g/mol. The first-order chi connectivity index (χ1) is 6.35. The van der Waals surface area contributed by atoms with Crippen LogP contribution in [0, 0.1) is 0 Å². The summed E-state index contributed by atoms with van der Waals surface area (Å²) in [4.78, 5) is 0. The molecule has 1 aromatic carbocycles. The van der Waals surface area contributed by atoms with Crippen LogP contribution in [0.15, 0.2) is 30.3 Å². The first kappa shape index (κ1) is 12.1. The molecule has 1 aromatic rings. The molecule has 0 aromatic heterocycles. The summed E-state index contributed by atoms with van der Waals surface area (Å²) in [6.45, 7) is 2.29. The Morgan fingerprint density at radius 3 is 2.00 bits per heavy atom. The van der Waals surface area contributed by atoms with Crippen LogP contribution in [0.25, 0.3) is 0 Å². The van der Waals surface area contributed by atoms with E-state index in [9.17, 15) is 0 Å². The maximum absolute atomic E-state index is 5.35. The van der Waals surface area contributed by atoms with Crippen LogP contribution in [-0.2, 0) is 6.54 Å². The normalized spacial score (nSPS) is 8.85. The van der Waals surface area contributed by atoms with Gasteiger partial charge in [0.1, 0.15) is 0 Å². The van der Waals surface area contributed by atoms with E-state index in [1.54, 1.807) is 0 Å². The van der Waals surface area contributed by atoms with Crippen LogP contribution < -0.4 is 16.8 Å². The second-order valence-corrected chi connectivity index (χ2v) is 2.58. The van der Waals surface area contributed by atoms with Gasteiger partial charge in [-0.05, 0) is 12.6 Å². The molecule has 1 rings (SSSR count). The third-order valence-corrected chi connectivity index (χ3v) is 1.47. The highest BCUT2D eigenvalue weighted by molar-refractivity contribution is 5.13. The van der Waals surface area contributed by atoms with Crippen LogP contribution in [0.3, 0.4) is 0 Å². The van der Waals surface area contributed by atoms with E-state index in [0.29, 0.717) is 6.54 Å². The van der Waals surface area contributed by atoms with Gasteiger partial charge in [0.25, 0.3) is 0 Å². The molecule has 0 aliphatic heterocycles. The molecule has 0 bridgehead atoms. The van der Waals surface area contributed by atoms with Crippen LogP contribution in [0.2, 0.25) is 0 Å². The summed E-state index contributed by atoms with van der Waals surface area (Å²) in [5.74, 6) is 0. The molecule has 0 saturated heterocycles. The highest BCUT2D eigenvalue weighted by Gasteiger charge is 1.80. The van der Waals surface area contributed by atoms with E-state index in [0.717, 1.165) is 13.1 Å². The van der Waals surface area contributed by atoms with Crippen LogP contribution in [0.5, 0.6) is 0 Å². The summed E-state index contributed by atoms with van der Waals surface area (Å²) in [6, 6.07) is 9.99. The van der Waals surface area contributed by atoms with Gasteiger partial charge in [0.2, 0.25) is 0 Å². The molecule has 0 amide bonds. The molecule has 0 radical (unpaired) electrons. The molecule has 0 atom stereocenters. The lowest BCUT2D eigenvalue weighted by Gasteiger charge is -1.90. The molecule has 0 fully saturated rings. The summed E-state index contributed by atoms with van der Waals surface area (Å²) in [7, 11) is 1.88. The number of likely N-dealkylation sites (N-methyl/N-ethyl adjacent to an activating group) is 1. The first-order valence-electron chi connectivity index (χ1n) is 4.43. The zero-order valence-electron chi connectivity index (χ0n) is 8.16. The summed E-state index contributed by atoms with van der Waals surface area (Å²) < 4.78 is 0. The summed E-state index contributed by atoms with van der Waals surface area (Å²) in [6.07, 6.45) is 0. The monoisotopic (exact) mass is 181 g/mol. The molecule has 3 heteroatoms. The van der Waals surface area contributed by atoms with E-state index in [2.05, 4.69) is 5.32 Å². The topological polar surface area (TPSA) is 64.1 Å². The Morgan fingerprint density at radius 1 is 1.15 bits per heavy atom. The number of nitrogens with two attached hydrogens (primary N) is 2. The van der Waals surface area contributed by atoms with Crippen molar-refractivity contribution in [2.75, 3.05) is 20.1 Å². The van der Waals surface area contributed by atoms with Gasteiger partial charge in [0.15, 0.2) is 0 Å². The zero-order valence-corrected chi connectivity index (χ0v) is 8.16. The number of hydrogen-bond donors (Lipinski definition) is 3. The molecule has 74 valence electrons. The van der Waals surface area contributed by atoms with E-state index in [4.69, 9.17) is 11.5 Å². The van der Waals surface area contributed by atoms with Gasteiger partial charge < -0.3 is 16.8 Å². The summed E-state index contributed by atoms with van der Waals surface area (Å²) in [5.41, 5.74) is 11.6. The lowest BCUT2D eigenvalue weighted by Crippen LogP contribution is -2.17. The highest BCUT2D eigenvalue weighted by Crippen LogP contribution is 1.94. The van der Waals surface area contributed by atoms with E-state index < -0.39 is 0 Å². The maximum atomic E-state index is 5.35. The Morgan fingerprint density at radius 2 is 1.77 bits per heavy atom. The second-order valence-electron chi connectivity index (χ2n) is 2.58. The second kappa shape index (κ2) is 9.19. The van der Waals surface area contributed by atoms with E-state index in [1.807, 2.05) is 37.4 Å². The number of rotatable bonds is 3. The van der Waals surface area contributed by atoms with Crippen molar-refractivity contribution >= 4 is 0 Å². The molecule has 0 heterocycles. The molecule has 13 heavy (non-hydrogen) atoms. The van der Waals surface area contributed by atoms with Gasteiger partial charge in [-0.3, -0.25) is 0 Å². The third-order valence-electron chi connectivity index (χ3n) is 1.47. The lowest BCUT2D eigenvalue weighted by molar-refractivity contribution is 0.802. The van der Waals surface area contributed by atoms with E-state index in [1.165, 1.54) is 5.56 Å². The molecule has 3 nitrogen and oxygen atoms in total. The number of benzene rings is 1. The predicted octanol–water partition coefficient (Wildman–Crippen LogP) is 0.310. The van der Waals surface area contributed by atoms with Crippen molar-refractivity contribution in [1.82, 2.24) is 5.32 Å². The fourth-order valence-corrected chi connectivity index (χ4v) is 0.758. The van der Waals surface area contributed by atoms with Crippen LogP contribution in [-0.4, -0.2) is 20.1 Å². The molecule has 0 unspecified atom stereocenters. The smallest absolute Gasteiger partial charge is 0.0178 e. The van der Waals surface area contributed by atoms with Crippen LogP contribution >= 0.6 is 0 Å². The van der Waals surface area contributed by atoms with Gasteiger partial charge in [0, 0.05) is 19.6 Å². The maximum Gasteiger partial charge on any atom is 0.0178 e. The Hall–Kier alpha value is -0.900. The average Bonchev–Trinajstić information content (AvgIpc) is 2.21. The molecule has 5 N–H and O–H groups in total. The van der Waals surface area contributed by atoms with Crippen LogP contribution in [0.1, 0.15) is 5.56 Å². The van der Waals surface area contributed by atoms with E-state index in [-0.39, 0.29) is 0 Å². The quantitative estimate of drug-likeness (QED) is 0.629. The van der Waals surface area contributed by atoms with Crippen molar-refractivity contribution in [3.8, 4) is 0 Å². The molecule has 0 aliphatic rings. The molecular weight excluding hydrogens is 162 g/mol. The Bertz CT molecular complexity index is 185. The Kier molecular flexibility index (Phi) is 8.55. The van der Waals surface area contributed by atoms with Crippen molar-refractivity contribution in [3.63, 3.8) is 0 Å². The van der Waals surface area contributed by atoms with Crippen molar-refractivity contribution in [2.24, 2.45) is 11.5 Å². The van der Waals surface area contributed by atoms with Crippen molar-refractivity contribution < 1.29 is 0 Å². The standard InChI is InChI=1S/C7H9N.C3H10N2/c8-6-7-4-2-1-3-5-7;1-5-3-2-4/h1-5H,6,8H2;5H,2-4H2,1H3. The van der Waals surface area contributed by atoms with Gasteiger partial charge >= 0.3 is 0 Å². The zero-order chi connectivity index (χ0) is 9.94. The van der Waals surface area contributed by atoms with Crippen molar-refractivity contribution in [2.45, 2.75) is 6.54 Å². The van der Waals surface area contributed by atoms with E-state index >= 15 is 0 Å². The fraction of sp³-hybridized carbons (Fsp3) is 0.400. The molecule has 0 aliphatic carbocycles. The van der Waals surface area contributed by atoms with Gasteiger partial charge in [-0.1, -0.05) is 30.3 Å². The predicted molar refractivity (Wildman–Crippen MR) is 57.3 cm³/mol. The van der Waals surface area contributed by atoms with Crippen LogP contribution in [0.4, 0.5) is 0 Å². The largest absolute Gasteiger partial charge is 0.329 e. The fourth-order valence-electron chi connectivity index (χ4n) is 0.758. The molecule has 0 spiro atoms. The SMILES string of the molecule is CNCCN.NCc1ccccc1. The van der Waals surface area contributed by atoms with Gasteiger partial charge in [-0.25, -0.2) is 0 Å². The summed E-state index contributed by atoms with van der Waals surface area (Å²) in [5, 5.41) is 2.89. The third kappa shape index (κ3) is 7.46. The lowest BCUT2D eigenvalue weighted by atomic mass is 10.2. The minimum Gasteiger partial charge on any atom is -0.329 e.